The number of rotatable bonds is 11. The van der Waals surface area contributed by atoms with Crippen molar-refractivity contribution in [2.75, 3.05) is 34.0 Å². The molecular formula is C27H33NO7. The van der Waals surface area contributed by atoms with Gasteiger partial charge in [-0.3, -0.25) is 9.59 Å². The number of phenolic OH excluding ortho intramolecular Hbond substituents is 1. The van der Waals surface area contributed by atoms with Crippen molar-refractivity contribution in [3.05, 3.63) is 58.7 Å². The zero-order valence-electron chi connectivity index (χ0n) is 20.7. The number of hydrogen-bond acceptors (Lipinski definition) is 7. The second-order valence-corrected chi connectivity index (χ2v) is 8.45. The first kappa shape index (κ1) is 26.1. The smallest absolute Gasteiger partial charge is 0.295 e. The van der Waals surface area contributed by atoms with Crippen LogP contribution in [0.4, 0.5) is 0 Å². The fourth-order valence-electron chi connectivity index (χ4n) is 4.14. The molecule has 1 amide bonds. The summed E-state index contributed by atoms with van der Waals surface area (Å²) in [6, 6.07) is 8.95. The highest BCUT2D eigenvalue weighted by atomic mass is 16.5. The van der Waals surface area contributed by atoms with E-state index in [0.717, 1.165) is 18.4 Å². The fourth-order valence-corrected chi connectivity index (χ4v) is 4.14. The van der Waals surface area contributed by atoms with Crippen molar-refractivity contribution in [3.63, 3.8) is 0 Å². The number of Topliss-reactive ketones (excluding diaryl/α,β-unsaturated/α-hetero) is 1. The summed E-state index contributed by atoms with van der Waals surface area (Å²) in [5.41, 5.74) is 1.74. The molecule has 2 aromatic carbocycles. The van der Waals surface area contributed by atoms with Crippen LogP contribution in [0.5, 0.6) is 17.2 Å². The average Bonchev–Trinajstić information content (AvgIpc) is 3.10. The van der Waals surface area contributed by atoms with Crippen LogP contribution in [0, 0.1) is 6.92 Å². The lowest BCUT2D eigenvalue weighted by Gasteiger charge is -2.25. The third-order valence-electron chi connectivity index (χ3n) is 6.01. The van der Waals surface area contributed by atoms with E-state index in [1.165, 1.54) is 18.1 Å². The average molecular weight is 484 g/mol. The number of amides is 1. The Morgan fingerprint density at radius 1 is 1.03 bits per heavy atom. The standard InChI is InChI=1S/C27H33NO7/c1-5-6-14-35-21-11-9-19(15-17(21)2)25(30)23-24(18-8-10-20(29)22(16-18)34-4)28(12-7-13-33-3)27(32)26(23)31/h8-11,15-16,24,29-30H,5-7,12-14H2,1-4H3/b25-23+/t24-/m0/s1. The number of aromatic hydroxyl groups is 1. The molecule has 1 atom stereocenters. The Kier molecular flexibility index (Phi) is 8.76. The molecule has 1 fully saturated rings. The highest BCUT2D eigenvalue weighted by molar-refractivity contribution is 6.46. The van der Waals surface area contributed by atoms with E-state index in [0.29, 0.717) is 36.5 Å². The van der Waals surface area contributed by atoms with Gasteiger partial charge in [0.15, 0.2) is 11.5 Å². The van der Waals surface area contributed by atoms with Gasteiger partial charge in [0.1, 0.15) is 11.5 Å². The lowest BCUT2D eigenvalue weighted by Crippen LogP contribution is -2.31. The van der Waals surface area contributed by atoms with Crippen molar-refractivity contribution < 1.29 is 34.0 Å². The number of carbonyl (C=O) groups excluding carboxylic acids is 2. The minimum Gasteiger partial charge on any atom is -0.507 e. The second-order valence-electron chi connectivity index (χ2n) is 8.45. The molecule has 0 spiro atoms. The van der Waals surface area contributed by atoms with Crippen LogP contribution in [-0.4, -0.2) is 60.8 Å². The van der Waals surface area contributed by atoms with Gasteiger partial charge in [-0.15, -0.1) is 0 Å². The number of aryl methyl sites for hydroxylation is 1. The maximum atomic E-state index is 13.1. The molecule has 0 unspecified atom stereocenters. The number of methoxy groups -OCH3 is 2. The van der Waals surface area contributed by atoms with E-state index < -0.39 is 17.7 Å². The number of ketones is 1. The quantitative estimate of drug-likeness (QED) is 0.212. The van der Waals surface area contributed by atoms with Gasteiger partial charge in [-0.1, -0.05) is 19.4 Å². The predicted molar refractivity (Wildman–Crippen MR) is 132 cm³/mol. The Morgan fingerprint density at radius 2 is 1.80 bits per heavy atom. The van der Waals surface area contributed by atoms with E-state index in [4.69, 9.17) is 14.2 Å². The van der Waals surface area contributed by atoms with Gasteiger partial charge in [0, 0.05) is 25.8 Å². The fraction of sp³-hybridized carbons (Fsp3) is 0.407. The lowest BCUT2D eigenvalue weighted by molar-refractivity contribution is -0.140. The van der Waals surface area contributed by atoms with E-state index in [1.807, 2.05) is 6.92 Å². The summed E-state index contributed by atoms with van der Waals surface area (Å²) in [6.45, 7) is 5.21. The highest BCUT2D eigenvalue weighted by Gasteiger charge is 2.46. The Balaban J connectivity index is 2.08. The molecule has 35 heavy (non-hydrogen) atoms. The lowest BCUT2D eigenvalue weighted by atomic mass is 9.94. The van der Waals surface area contributed by atoms with Gasteiger partial charge in [0.05, 0.1) is 25.3 Å². The highest BCUT2D eigenvalue weighted by Crippen LogP contribution is 2.42. The molecule has 2 N–H and O–H groups in total. The first-order valence-electron chi connectivity index (χ1n) is 11.7. The molecule has 2 aromatic rings. The third-order valence-corrected chi connectivity index (χ3v) is 6.01. The number of benzene rings is 2. The van der Waals surface area contributed by atoms with Crippen molar-refractivity contribution >= 4 is 17.4 Å². The van der Waals surface area contributed by atoms with Crippen molar-refractivity contribution in [2.45, 2.75) is 39.2 Å². The number of unbranched alkanes of at least 4 members (excludes halogenated alkanes) is 1. The monoisotopic (exact) mass is 483 g/mol. The van der Waals surface area contributed by atoms with Crippen LogP contribution in [0.2, 0.25) is 0 Å². The van der Waals surface area contributed by atoms with E-state index >= 15 is 0 Å². The van der Waals surface area contributed by atoms with Gasteiger partial charge in [0.2, 0.25) is 0 Å². The number of aliphatic hydroxyl groups excluding tert-OH is 1. The van der Waals surface area contributed by atoms with Crippen LogP contribution in [0.25, 0.3) is 5.76 Å². The minimum absolute atomic E-state index is 0.0146. The molecule has 8 heteroatoms. The molecule has 0 saturated carbocycles. The van der Waals surface area contributed by atoms with E-state index in [2.05, 4.69) is 6.92 Å². The van der Waals surface area contributed by atoms with Crippen LogP contribution in [-0.2, 0) is 14.3 Å². The van der Waals surface area contributed by atoms with Crippen LogP contribution >= 0.6 is 0 Å². The molecule has 0 bridgehead atoms. The van der Waals surface area contributed by atoms with Gasteiger partial charge in [-0.05, 0) is 61.2 Å². The zero-order chi connectivity index (χ0) is 25.5. The van der Waals surface area contributed by atoms with E-state index in [9.17, 15) is 19.8 Å². The maximum absolute atomic E-state index is 13.1. The first-order chi connectivity index (χ1) is 16.8. The number of hydrogen-bond donors (Lipinski definition) is 2. The number of aliphatic hydroxyl groups is 1. The van der Waals surface area contributed by atoms with Crippen molar-refractivity contribution in [1.29, 1.82) is 0 Å². The molecule has 1 aliphatic rings. The van der Waals surface area contributed by atoms with E-state index in [1.54, 1.807) is 37.4 Å². The van der Waals surface area contributed by atoms with Gasteiger partial charge in [-0.2, -0.15) is 0 Å². The summed E-state index contributed by atoms with van der Waals surface area (Å²) in [5, 5.41) is 21.3. The number of ether oxygens (including phenoxy) is 3. The molecular weight excluding hydrogens is 450 g/mol. The van der Waals surface area contributed by atoms with Crippen molar-refractivity contribution in [3.8, 4) is 17.2 Å². The molecule has 0 radical (unpaired) electrons. The topological polar surface area (TPSA) is 106 Å². The van der Waals surface area contributed by atoms with Crippen LogP contribution < -0.4 is 9.47 Å². The van der Waals surface area contributed by atoms with Crippen LogP contribution in [0.1, 0.15) is 48.9 Å². The number of phenols is 1. The van der Waals surface area contributed by atoms with Gasteiger partial charge in [-0.25, -0.2) is 0 Å². The normalized spacial score (nSPS) is 17.1. The van der Waals surface area contributed by atoms with Gasteiger partial charge in [0.25, 0.3) is 11.7 Å². The predicted octanol–water partition coefficient (Wildman–Crippen LogP) is 4.35. The molecule has 3 rings (SSSR count). The maximum Gasteiger partial charge on any atom is 0.295 e. The summed E-state index contributed by atoms with van der Waals surface area (Å²) in [6.07, 6.45) is 2.46. The SMILES string of the molecule is CCCCOc1ccc(/C(O)=C2\C(=O)C(=O)N(CCCOC)[C@H]2c2ccc(O)c(OC)c2)cc1C. The van der Waals surface area contributed by atoms with E-state index in [-0.39, 0.29) is 29.4 Å². The molecule has 0 aliphatic carbocycles. The molecule has 188 valence electrons. The summed E-state index contributed by atoms with van der Waals surface area (Å²) in [5.74, 6) is -0.891. The summed E-state index contributed by atoms with van der Waals surface area (Å²) in [4.78, 5) is 27.6. The molecule has 0 aromatic heterocycles. The van der Waals surface area contributed by atoms with Gasteiger partial charge < -0.3 is 29.3 Å². The van der Waals surface area contributed by atoms with Crippen molar-refractivity contribution in [1.82, 2.24) is 4.90 Å². The Labute approximate surface area is 205 Å². The number of likely N-dealkylation sites (tertiary alicyclic amines) is 1. The minimum atomic E-state index is -0.845. The Morgan fingerprint density at radius 3 is 2.46 bits per heavy atom. The summed E-state index contributed by atoms with van der Waals surface area (Å²) >= 11 is 0. The van der Waals surface area contributed by atoms with Crippen LogP contribution in [0.3, 0.4) is 0 Å². The van der Waals surface area contributed by atoms with Gasteiger partial charge >= 0.3 is 0 Å². The van der Waals surface area contributed by atoms with Crippen LogP contribution in [0.15, 0.2) is 42.0 Å². The first-order valence-corrected chi connectivity index (χ1v) is 11.7. The zero-order valence-corrected chi connectivity index (χ0v) is 20.7. The number of nitrogens with zero attached hydrogens (tertiary/aromatic N) is 1. The largest absolute Gasteiger partial charge is 0.507 e. The molecule has 1 heterocycles. The molecule has 1 aliphatic heterocycles. The Bertz CT molecular complexity index is 1110. The van der Waals surface area contributed by atoms with Crippen molar-refractivity contribution in [2.24, 2.45) is 0 Å². The second kappa shape index (κ2) is 11.8. The summed E-state index contributed by atoms with van der Waals surface area (Å²) < 4.78 is 16.1. The summed E-state index contributed by atoms with van der Waals surface area (Å²) in [7, 11) is 2.98. The number of carbonyl (C=O) groups is 2. The molecule has 8 nitrogen and oxygen atoms in total. The Hall–Kier alpha value is -3.52. The molecule has 1 saturated heterocycles. The third kappa shape index (κ3) is 5.59.